The number of morpholine rings is 1. The smallest absolute Gasteiger partial charge is 0.322 e. The fourth-order valence-corrected chi connectivity index (χ4v) is 3.39. The van der Waals surface area contributed by atoms with E-state index in [4.69, 9.17) is 4.74 Å². The lowest BCUT2D eigenvalue weighted by molar-refractivity contribution is -0.138. The van der Waals surface area contributed by atoms with Gasteiger partial charge in [0.25, 0.3) is 10.2 Å². The summed E-state index contributed by atoms with van der Waals surface area (Å²) in [6.45, 7) is 1.09. The first-order chi connectivity index (χ1) is 9.99. The van der Waals surface area contributed by atoms with E-state index in [0.29, 0.717) is 13.2 Å². The monoisotopic (exact) mass is 314 g/mol. The van der Waals surface area contributed by atoms with Crippen LogP contribution in [0.3, 0.4) is 0 Å². The van der Waals surface area contributed by atoms with Crippen LogP contribution in [0.4, 0.5) is 0 Å². The van der Waals surface area contributed by atoms with E-state index in [-0.39, 0.29) is 19.5 Å². The van der Waals surface area contributed by atoms with Crippen LogP contribution in [0.1, 0.15) is 5.56 Å². The zero-order valence-corrected chi connectivity index (χ0v) is 12.3. The van der Waals surface area contributed by atoms with Crippen molar-refractivity contribution >= 4 is 16.2 Å². The van der Waals surface area contributed by atoms with Crippen LogP contribution in [0.2, 0.25) is 0 Å². The Kier molecular flexibility index (Phi) is 5.29. The van der Waals surface area contributed by atoms with Crippen molar-refractivity contribution < 1.29 is 23.1 Å². The third-order valence-corrected chi connectivity index (χ3v) is 4.81. The van der Waals surface area contributed by atoms with Gasteiger partial charge in [-0.05, 0) is 12.0 Å². The van der Waals surface area contributed by atoms with Crippen LogP contribution in [-0.2, 0) is 26.2 Å². The Bertz CT molecular complexity index is 569. The van der Waals surface area contributed by atoms with E-state index in [1.165, 1.54) is 4.31 Å². The van der Waals surface area contributed by atoms with Gasteiger partial charge in [-0.1, -0.05) is 30.3 Å². The Morgan fingerprint density at radius 3 is 2.48 bits per heavy atom. The number of hydrogen-bond donors (Lipinski definition) is 2. The number of ether oxygens (including phenoxy) is 1. The second-order valence-corrected chi connectivity index (χ2v) is 6.42. The number of nitrogens with zero attached hydrogens (tertiary/aromatic N) is 1. The van der Waals surface area contributed by atoms with Crippen LogP contribution < -0.4 is 4.72 Å². The summed E-state index contributed by atoms with van der Waals surface area (Å²) in [5, 5.41) is 9.23. The third-order valence-electron chi connectivity index (χ3n) is 3.18. The van der Waals surface area contributed by atoms with E-state index in [1.54, 1.807) is 24.3 Å². The summed E-state index contributed by atoms with van der Waals surface area (Å²) in [6.07, 6.45) is 0.0970. The molecule has 8 heteroatoms. The summed E-state index contributed by atoms with van der Waals surface area (Å²) < 4.78 is 32.9. The molecule has 1 aliphatic heterocycles. The molecule has 21 heavy (non-hydrogen) atoms. The molecular weight excluding hydrogens is 296 g/mol. The molecule has 0 aliphatic carbocycles. The fraction of sp³-hybridized carbons (Fsp3) is 0.462. The Hall–Kier alpha value is -1.48. The fourth-order valence-electron chi connectivity index (χ4n) is 2.07. The van der Waals surface area contributed by atoms with Gasteiger partial charge in [0.15, 0.2) is 0 Å². The van der Waals surface area contributed by atoms with Gasteiger partial charge in [-0.15, -0.1) is 0 Å². The SMILES string of the molecule is O=C(O)C(Cc1ccccc1)NS(=O)(=O)N1CCOCC1. The lowest BCUT2D eigenvalue weighted by atomic mass is 10.1. The van der Waals surface area contributed by atoms with Crippen molar-refractivity contribution in [1.82, 2.24) is 9.03 Å². The largest absolute Gasteiger partial charge is 0.480 e. The first-order valence-electron chi connectivity index (χ1n) is 6.61. The van der Waals surface area contributed by atoms with Gasteiger partial charge >= 0.3 is 5.97 Å². The highest BCUT2D eigenvalue weighted by Gasteiger charge is 2.30. The molecule has 1 aliphatic rings. The Labute approximate surface area is 123 Å². The molecule has 7 nitrogen and oxygen atoms in total. The van der Waals surface area contributed by atoms with E-state index in [1.807, 2.05) is 6.07 Å². The Balaban J connectivity index is 2.07. The molecule has 2 N–H and O–H groups in total. The zero-order valence-electron chi connectivity index (χ0n) is 11.4. The van der Waals surface area contributed by atoms with Crippen LogP contribution in [0.15, 0.2) is 30.3 Å². The Morgan fingerprint density at radius 1 is 1.29 bits per heavy atom. The minimum absolute atomic E-state index is 0.0970. The molecule has 1 saturated heterocycles. The predicted molar refractivity (Wildman–Crippen MR) is 76.0 cm³/mol. The summed E-state index contributed by atoms with van der Waals surface area (Å²) in [5.74, 6) is -1.20. The van der Waals surface area contributed by atoms with Crippen LogP contribution in [0.5, 0.6) is 0 Å². The lowest BCUT2D eigenvalue weighted by Gasteiger charge is -2.27. The van der Waals surface area contributed by atoms with E-state index in [9.17, 15) is 18.3 Å². The summed E-state index contributed by atoms with van der Waals surface area (Å²) in [4.78, 5) is 11.3. The molecule has 0 aromatic heterocycles. The first kappa shape index (κ1) is 15.9. The Morgan fingerprint density at radius 2 is 1.90 bits per heavy atom. The number of carbonyl (C=O) groups is 1. The van der Waals surface area contributed by atoms with Gasteiger partial charge in [-0.3, -0.25) is 4.79 Å². The molecule has 116 valence electrons. The number of benzene rings is 1. The molecule has 1 heterocycles. The second-order valence-electron chi connectivity index (χ2n) is 4.71. The third kappa shape index (κ3) is 4.50. The lowest BCUT2D eigenvalue weighted by Crippen LogP contribution is -2.52. The van der Waals surface area contributed by atoms with Gasteiger partial charge in [0, 0.05) is 13.1 Å². The minimum atomic E-state index is -3.83. The van der Waals surface area contributed by atoms with E-state index < -0.39 is 22.2 Å². The van der Waals surface area contributed by atoms with Crippen molar-refractivity contribution in [2.24, 2.45) is 0 Å². The van der Waals surface area contributed by atoms with Crippen LogP contribution in [0.25, 0.3) is 0 Å². The highest BCUT2D eigenvalue weighted by Crippen LogP contribution is 2.08. The van der Waals surface area contributed by atoms with E-state index in [0.717, 1.165) is 5.56 Å². The molecule has 0 spiro atoms. The number of carboxylic acids is 1. The minimum Gasteiger partial charge on any atom is -0.480 e. The predicted octanol–water partition coefficient (Wildman–Crippen LogP) is -0.151. The highest BCUT2D eigenvalue weighted by molar-refractivity contribution is 7.87. The molecule has 0 saturated carbocycles. The average molecular weight is 314 g/mol. The molecule has 1 aromatic carbocycles. The quantitative estimate of drug-likeness (QED) is 0.761. The molecule has 2 rings (SSSR count). The standard InChI is InChI=1S/C13H18N2O5S/c16-13(17)12(10-11-4-2-1-3-5-11)14-21(18,19)15-6-8-20-9-7-15/h1-5,12,14H,6-10H2,(H,16,17). The number of aliphatic carboxylic acids is 1. The molecule has 0 amide bonds. The molecule has 1 atom stereocenters. The number of carboxylic acid groups (broad SMARTS) is 1. The molecular formula is C13H18N2O5S. The molecule has 0 radical (unpaired) electrons. The maximum Gasteiger partial charge on any atom is 0.322 e. The molecule has 1 aromatic rings. The maximum atomic E-state index is 12.2. The van der Waals surface area contributed by atoms with Crippen LogP contribution in [0, 0.1) is 0 Å². The summed E-state index contributed by atoms with van der Waals surface area (Å²) in [7, 11) is -3.83. The van der Waals surface area contributed by atoms with Gasteiger partial charge in [-0.25, -0.2) is 0 Å². The van der Waals surface area contributed by atoms with E-state index in [2.05, 4.69) is 4.72 Å². The normalized spacial score (nSPS) is 18.3. The number of hydrogen-bond acceptors (Lipinski definition) is 4. The topological polar surface area (TPSA) is 95.9 Å². The highest BCUT2D eigenvalue weighted by atomic mass is 32.2. The van der Waals surface area contributed by atoms with Crippen molar-refractivity contribution in [3.8, 4) is 0 Å². The van der Waals surface area contributed by atoms with Crippen LogP contribution in [-0.4, -0.2) is 56.1 Å². The molecule has 1 fully saturated rings. The van der Waals surface area contributed by atoms with Crippen molar-refractivity contribution in [2.45, 2.75) is 12.5 Å². The average Bonchev–Trinajstić information content (AvgIpc) is 2.48. The molecule has 0 bridgehead atoms. The van der Waals surface area contributed by atoms with Crippen molar-refractivity contribution in [3.63, 3.8) is 0 Å². The summed E-state index contributed by atoms with van der Waals surface area (Å²) in [6, 6.07) is 7.71. The summed E-state index contributed by atoms with van der Waals surface area (Å²) in [5.41, 5.74) is 0.759. The maximum absolute atomic E-state index is 12.2. The van der Waals surface area contributed by atoms with Gasteiger partial charge < -0.3 is 9.84 Å². The second kappa shape index (κ2) is 6.99. The van der Waals surface area contributed by atoms with Gasteiger partial charge in [-0.2, -0.15) is 17.4 Å². The number of nitrogens with one attached hydrogen (secondary N) is 1. The number of rotatable bonds is 6. The first-order valence-corrected chi connectivity index (χ1v) is 8.05. The van der Waals surface area contributed by atoms with Gasteiger partial charge in [0.2, 0.25) is 0 Å². The molecule has 1 unspecified atom stereocenters. The van der Waals surface area contributed by atoms with Crippen LogP contribution >= 0.6 is 0 Å². The van der Waals surface area contributed by atoms with Crippen molar-refractivity contribution in [2.75, 3.05) is 26.3 Å². The summed E-state index contributed by atoms with van der Waals surface area (Å²) >= 11 is 0. The van der Waals surface area contributed by atoms with Gasteiger partial charge in [0.1, 0.15) is 6.04 Å². The van der Waals surface area contributed by atoms with Crippen molar-refractivity contribution in [1.29, 1.82) is 0 Å². The van der Waals surface area contributed by atoms with Crippen molar-refractivity contribution in [3.05, 3.63) is 35.9 Å². The van der Waals surface area contributed by atoms with Gasteiger partial charge in [0.05, 0.1) is 13.2 Å². The van der Waals surface area contributed by atoms with E-state index >= 15 is 0 Å². The zero-order chi connectivity index (χ0) is 15.3.